The van der Waals surface area contributed by atoms with Crippen molar-refractivity contribution in [2.75, 3.05) is 13.2 Å². The van der Waals surface area contributed by atoms with E-state index in [0.717, 1.165) is 6.07 Å². The minimum atomic E-state index is -4.69. The van der Waals surface area contributed by atoms with E-state index in [1.807, 2.05) is 0 Å². The lowest BCUT2D eigenvalue weighted by Crippen LogP contribution is -2.42. The van der Waals surface area contributed by atoms with E-state index < -0.39 is 35.1 Å². The van der Waals surface area contributed by atoms with Gasteiger partial charge in [-0.15, -0.1) is 0 Å². The zero-order chi connectivity index (χ0) is 20.1. The summed E-state index contributed by atoms with van der Waals surface area (Å²) >= 11 is 0. The predicted octanol–water partition coefficient (Wildman–Crippen LogP) is 2.38. The number of alkyl halides is 3. The second kappa shape index (κ2) is 7.04. The first-order valence-electron chi connectivity index (χ1n) is 9.14. The standard InChI is InChI=1S/C19H18F3NO5/c20-19(21,22)14-4-3-12(13(23-14)8-27-6-11-7-28-11)18(26)15-16(24)9-1-2-10(5-9)17(15)25/h3-4,9-11,15H,1-2,5-8H2. The van der Waals surface area contributed by atoms with Gasteiger partial charge < -0.3 is 9.47 Å². The number of epoxide rings is 1. The molecule has 0 spiro atoms. The number of halogens is 3. The highest BCUT2D eigenvalue weighted by atomic mass is 19.4. The van der Waals surface area contributed by atoms with Gasteiger partial charge in [-0.25, -0.2) is 4.98 Å². The Morgan fingerprint density at radius 2 is 1.82 bits per heavy atom. The first-order chi connectivity index (χ1) is 13.3. The number of ketones is 3. The van der Waals surface area contributed by atoms with Crippen LogP contribution in [0, 0.1) is 17.8 Å². The molecule has 1 aromatic rings. The molecule has 3 atom stereocenters. The number of hydrogen-bond acceptors (Lipinski definition) is 6. The van der Waals surface area contributed by atoms with Gasteiger partial charge in [0.25, 0.3) is 0 Å². The van der Waals surface area contributed by atoms with Gasteiger partial charge in [0.1, 0.15) is 17.7 Å². The van der Waals surface area contributed by atoms with E-state index in [1.54, 1.807) is 0 Å². The van der Waals surface area contributed by atoms with Gasteiger partial charge in [-0.05, 0) is 31.4 Å². The summed E-state index contributed by atoms with van der Waals surface area (Å²) in [7, 11) is 0. The van der Waals surface area contributed by atoms with Gasteiger partial charge in [-0.2, -0.15) is 13.2 Å². The van der Waals surface area contributed by atoms with Crippen LogP contribution in [0.1, 0.15) is 41.0 Å². The molecule has 6 nitrogen and oxygen atoms in total. The van der Waals surface area contributed by atoms with Gasteiger partial charge in [-0.3, -0.25) is 14.4 Å². The Morgan fingerprint density at radius 3 is 2.39 bits per heavy atom. The highest BCUT2D eigenvalue weighted by Gasteiger charge is 2.50. The van der Waals surface area contributed by atoms with Crippen LogP contribution >= 0.6 is 0 Å². The van der Waals surface area contributed by atoms with E-state index >= 15 is 0 Å². The SMILES string of the molecule is O=C(c1ccc(C(F)(F)F)nc1COCC1CO1)C1C(=O)C2CCC(C2)C1=O. The maximum absolute atomic E-state index is 13.0. The first-order valence-corrected chi connectivity index (χ1v) is 9.14. The summed E-state index contributed by atoms with van der Waals surface area (Å²) in [5, 5.41) is 0. The Labute approximate surface area is 158 Å². The van der Waals surface area contributed by atoms with Crippen molar-refractivity contribution >= 4 is 17.3 Å². The zero-order valence-corrected chi connectivity index (χ0v) is 14.8. The van der Waals surface area contributed by atoms with Crippen LogP contribution < -0.4 is 0 Å². The molecule has 28 heavy (non-hydrogen) atoms. The number of fused-ring (bicyclic) bond motifs is 2. The quantitative estimate of drug-likeness (QED) is 0.416. The van der Waals surface area contributed by atoms with Gasteiger partial charge in [-0.1, -0.05) is 0 Å². The molecule has 1 aromatic heterocycles. The molecule has 150 valence electrons. The van der Waals surface area contributed by atoms with Crippen LogP contribution in [0.3, 0.4) is 0 Å². The van der Waals surface area contributed by atoms with Gasteiger partial charge in [0.15, 0.2) is 17.3 Å². The first kappa shape index (κ1) is 19.2. The lowest BCUT2D eigenvalue weighted by atomic mass is 9.75. The van der Waals surface area contributed by atoms with Crippen molar-refractivity contribution in [2.45, 2.75) is 38.1 Å². The summed E-state index contributed by atoms with van der Waals surface area (Å²) in [6.45, 7) is 0.333. The van der Waals surface area contributed by atoms with Crippen LogP contribution in [0.5, 0.6) is 0 Å². The minimum absolute atomic E-state index is 0.109. The van der Waals surface area contributed by atoms with Gasteiger partial charge >= 0.3 is 6.18 Å². The molecule has 1 saturated heterocycles. The number of hydrogen-bond donors (Lipinski definition) is 0. The van der Waals surface area contributed by atoms with Gasteiger partial charge in [0.2, 0.25) is 0 Å². The molecule has 0 amide bonds. The van der Waals surface area contributed by atoms with E-state index in [-0.39, 0.29) is 42.4 Å². The van der Waals surface area contributed by atoms with Crippen molar-refractivity contribution in [1.29, 1.82) is 0 Å². The fourth-order valence-corrected chi connectivity index (χ4v) is 3.97. The van der Waals surface area contributed by atoms with Crippen LogP contribution in [0.4, 0.5) is 13.2 Å². The molecule has 4 rings (SSSR count). The maximum atomic E-state index is 13.0. The number of carbonyl (C=O) groups is 3. The summed E-state index contributed by atoms with van der Waals surface area (Å²) in [5.41, 5.74) is -1.55. The average molecular weight is 397 g/mol. The molecule has 3 unspecified atom stereocenters. The summed E-state index contributed by atoms with van der Waals surface area (Å²) in [5.74, 6) is -3.75. The van der Waals surface area contributed by atoms with Crippen LogP contribution in [-0.2, 0) is 31.8 Å². The number of Topliss-reactive ketones (excluding diaryl/α,β-unsaturated/α-hetero) is 3. The Hall–Kier alpha value is -2.13. The molecule has 0 radical (unpaired) electrons. The van der Waals surface area contributed by atoms with Crippen molar-refractivity contribution in [3.8, 4) is 0 Å². The molecule has 1 aliphatic heterocycles. The molecule has 2 bridgehead atoms. The Bertz CT molecular complexity index is 811. The van der Waals surface area contributed by atoms with Gasteiger partial charge in [0.05, 0.1) is 25.5 Å². The average Bonchev–Trinajstić information content (AvgIpc) is 3.34. The molecule has 9 heteroatoms. The predicted molar refractivity (Wildman–Crippen MR) is 87.3 cm³/mol. The fraction of sp³-hybridized carbons (Fsp3) is 0.579. The molecule has 2 aliphatic carbocycles. The highest BCUT2D eigenvalue weighted by molar-refractivity contribution is 6.26. The van der Waals surface area contributed by atoms with E-state index in [1.165, 1.54) is 0 Å². The van der Waals surface area contributed by atoms with Crippen LogP contribution in [0.25, 0.3) is 0 Å². The number of ether oxygens (including phenoxy) is 2. The van der Waals surface area contributed by atoms with Crippen molar-refractivity contribution in [3.63, 3.8) is 0 Å². The Kier molecular flexibility index (Phi) is 4.83. The van der Waals surface area contributed by atoms with Crippen LogP contribution in [0.15, 0.2) is 12.1 Å². The zero-order valence-electron chi connectivity index (χ0n) is 14.8. The molecule has 0 N–H and O–H groups in total. The van der Waals surface area contributed by atoms with Crippen LogP contribution in [-0.4, -0.2) is 41.7 Å². The molecular formula is C19H18F3NO5. The topological polar surface area (TPSA) is 85.9 Å². The van der Waals surface area contributed by atoms with Crippen LogP contribution in [0.2, 0.25) is 0 Å². The number of rotatable bonds is 6. The smallest absolute Gasteiger partial charge is 0.372 e. The molecule has 2 saturated carbocycles. The monoisotopic (exact) mass is 397 g/mol. The number of carbonyl (C=O) groups excluding carboxylic acids is 3. The summed E-state index contributed by atoms with van der Waals surface area (Å²) in [6, 6.07) is 1.68. The normalized spacial score (nSPS) is 29.2. The number of nitrogens with zero attached hydrogens (tertiary/aromatic N) is 1. The van der Waals surface area contributed by atoms with E-state index in [4.69, 9.17) is 9.47 Å². The second-order valence-electron chi connectivity index (χ2n) is 7.47. The van der Waals surface area contributed by atoms with Gasteiger partial charge in [0, 0.05) is 17.4 Å². The third-order valence-electron chi connectivity index (χ3n) is 5.54. The summed E-state index contributed by atoms with van der Waals surface area (Å²) in [4.78, 5) is 41.7. The van der Waals surface area contributed by atoms with Crippen molar-refractivity contribution in [3.05, 3.63) is 29.1 Å². The molecule has 3 aliphatic rings. The van der Waals surface area contributed by atoms with Crippen molar-refractivity contribution in [2.24, 2.45) is 17.8 Å². The lowest BCUT2D eigenvalue weighted by molar-refractivity contribution is -0.141. The highest BCUT2D eigenvalue weighted by Crippen LogP contribution is 2.41. The third-order valence-corrected chi connectivity index (χ3v) is 5.54. The van der Waals surface area contributed by atoms with Crippen molar-refractivity contribution in [1.82, 2.24) is 4.98 Å². The number of pyridine rings is 1. The fourth-order valence-electron chi connectivity index (χ4n) is 3.97. The molecule has 2 heterocycles. The Balaban J connectivity index is 1.63. The minimum Gasteiger partial charge on any atom is -0.372 e. The number of aromatic nitrogens is 1. The molecule has 0 aromatic carbocycles. The third kappa shape index (κ3) is 3.60. The van der Waals surface area contributed by atoms with Crippen molar-refractivity contribution < 1.29 is 37.0 Å². The largest absolute Gasteiger partial charge is 0.433 e. The summed E-state index contributed by atoms with van der Waals surface area (Å²) < 4.78 is 49.4. The molecule has 3 fully saturated rings. The summed E-state index contributed by atoms with van der Waals surface area (Å²) in [6.07, 6.45) is -3.19. The van der Waals surface area contributed by atoms with E-state index in [0.29, 0.717) is 31.9 Å². The maximum Gasteiger partial charge on any atom is 0.433 e. The van der Waals surface area contributed by atoms with E-state index in [9.17, 15) is 27.6 Å². The van der Waals surface area contributed by atoms with E-state index in [2.05, 4.69) is 4.98 Å². The lowest BCUT2D eigenvalue weighted by Gasteiger charge is -2.25. The second-order valence-corrected chi connectivity index (χ2v) is 7.47. The Morgan fingerprint density at radius 1 is 1.18 bits per heavy atom. The molecular weight excluding hydrogens is 379 g/mol.